The Morgan fingerprint density at radius 1 is 1.25 bits per heavy atom. The van der Waals surface area contributed by atoms with Gasteiger partial charge in [0.1, 0.15) is 24.4 Å². The van der Waals surface area contributed by atoms with E-state index in [-0.39, 0.29) is 17.9 Å². The van der Waals surface area contributed by atoms with Gasteiger partial charge in [-0.05, 0) is 30.9 Å². The maximum atomic E-state index is 13.3. The van der Waals surface area contributed by atoms with Gasteiger partial charge in [0.05, 0.1) is 0 Å². The molecule has 0 spiro atoms. The van der Waals surface area contributed by atoms with Crippen molar-refractivity contribution in [2.75, 3.05) is 18.4 Å². The Hall–Kier alpha value is -2.77. The van der Waals surface area contributed by atoms with Crippen LogP contribution in [0.1, 0.15) is 23.2 Å². The van der Waals surface area contributed by atoms with E-state index >= 15 is 0 Å². The molecule has 3 rings (SSSR count). The summed E-state index contributed by atoms with van der Waals surface area (Å²) in [5.74, 6) is -2.18. The minimum Gasteiger partial charge on any atom is -0.363 e. The first-order chi connectivity index (χ1) is 11.5. The van der Waals surface area contributed by atoms with E-state index in [1.54, 1.807) is 0 Å². The zero-order valence-corrected chi connectivity index (χ0v) is 12.7. The molecule has 1 N–H and O–H groups in total. The Bertz CT molecular complexity index is 725. The lowest BCUT2D eigenvalue weighted by atomic mass is 10.1. The number of hydrogen-bond donors (Lipinski definition) is 1. The number of aromatic nitrogens is 1. The molecule has 6 nitrogen and oxygen atoms in total. The van der Waals surface area contributed by atoms with Crippen LogP contribution in [-0.4, -0.2) is 35.0 Å². The second-order valence-electron chi connectivity index (χ2n) is 5.72. The van der Waals surface area contributed by atoms with Gasteiger partial charge in [-0.3, -0.25) is 9.59 Å². The lowest BCUT2D eigenvalue weighted by Crippen LogP contribution is -2.39. The highest BCUT2D eigenvalue weighted by molar-refractivity contribution is 5.99. The van der Waals surface area contributed by atoms with Crippen LogP contribution in [0.5, 0.6) is 0 Å². The van der Waals surface area contributed by atoms with Gasteiger partial charge in [-0.15, -0.1) is 0 Å². The molecule has 24 heavy (non-hydrogen) atoms. The highest BCUT2D eigenvalue weighted by Crippen LogP contribution is 2.30. The van der Waals surface area contributed by atoms with Gasteiger partial charge in [-0.25, -0.2) is 8.78 Å². The van der Waals surface area contributed by atoms with Gasteiger partial charge < -0.3 is 14.7 Å². The van der Waals surface area contributed by atoms with Crippen LogP contribution < -0.4 is 5.32 Å². The molecule has 0 saturated heterocycles. The van der Waals surface area contributed by atoms with E-state index in [0.717, 1.165) is 25.0 Å². The first-order valence-corrected chi connectivity index (χ1v) is 7.47. The van der Waals surface area contributed by atoms with E-state index < -0.39 is 23.4 Å². The van der Waals surface area contributed by atoms with Crippen molar-refractivity contribution in [3.05, 3.63) is 47.7 Å². The van der Waals surface area contributed by atoms with Crippen LogP contribution in [0.25, 0.3) is 0 Å². The zero-order chi connectivity index (χ0) is 17.1. The number of nitrogens with zero attached hydrogens (tertiary/aromatic N) is 2. The number of benzene rings is 1. The Morgan fingerprint density at radius 2 is 1.96 bits per heavy atom. The summed E-state index contributed by atoms with van der Waals surface area (Å²) in [6.07, 6.45) is 3.23. The molecule has 2 aromatic rings. The molecule has 1 aliphatic carbocycles. The topological polar surface area (TPSA) is 75.4 Å². The summed E-state index contributed by atoms with van der Waals surface area (Å²) in [4.78, 5) is 25.9. The van der Waals surface area contributed by atoms with Crippen molar-refractivity contribution >= 4 is 17.6 Å². The number of halogens is 2. The van der Waals surface area contributed by atoms with E-state index in [1.165, 1.54) is 17.2 Å². The molecular formula is C16H15F2N3O3. The van der Waals surface area contributed by atoms with Crippen LogP contribution in [-0.2, 0) is 4.79 Å². The Morgan fingerprint density at radius 3 is 2.54 bits per heavy atom. The number of amides is 2. The predicted octanol–water partition coefficient (Wildman–Crippen LogP) is 2.44. The summed E-state index contributed by atoms with van der Waals surface area (Å²) >= 11 is 0. The number of anilines is 1. The number of rotatable bonds is 6. The van der Waals surface area contributed by atoms with Crippen LogP contribution in [0.15, 0.2) is 35.1 Å². The summed E-state index contributed by atoms with van der Waals surface area (Å²) < 4.78 is 31.3. The van der Waals surface area contributed by atoms with Crippen molar-refractivity contribution < 1.29 is 22.9 Å². The number of hydrogen-bond acceptors (Lipinski definition) is 4. The van der Waals surface area contributed by atoms with E-state index in [4.69, 9.17) is 0 Å². The minimum absolute atomic E-state index is 0.123. The molecule has 0 bridgehead atoms. The van der Waals surface area contributed by atoms with Crippen LogP contribution in [0, 0.1) is 17.6 Å². The van der Waals surface area contributed by atoms with Gasteiger partial charge >= 0.3 is 0 Å². The normalized spacial score (nSPS) is 13.6. The molecule has 0 radical (unpaired) electrons. The van der Waals surface area contributed by atoms with Crippen LogP contribution >= 0.6 is 0 Å². The molecule has 1 aliphatic rings. The maximum Gasteiger partial charge on any atom is 0.254 e. The molecule has 0 aliphatic heterocycles. The number of nitrogens with one attached hydrogen (secondary N) is 1. The number of carbonyl (C=O) groups is 2. The standard InChI is InChI=1S/C16H15F2N3O3/c17-12-5-11(6-13(18)7-12)16(23)21(8-10-1-2-10)9-15(22)19-14-3-4-24-20-14/h3-7,10H,1-2,8-9H2,(H,19,20,22). The van der Waals surface area contributed by atoms with E-state index in [0.29, 0.717) is 18.5 Å². The van der Waals surface area contributed by atoms with Crippen molar-refractivity contribution in [2.24, 2.45) is 5.92 Å². The zero-order valence-electron chi connectivity index (χ0n) is 12.7. The fraction of sp³-hybridized carbons (Fsp3) is 0.312. The lowest BCUT2D eigenvalue weighted by molar-refractivity contribution is -0.117. The molecule has 1 fully saturated rings. The molecule has 126 valence electrons. The highest BCUT2D eigenvalue weighted by atomic mass is 19.1. The fourth-order valence-electron chi connectivity index (χ4n) is 2.32. The minimum atomic E-state index is -0.836. The molecule has 8 heteroatoms. The molecule has 1 heterocycles. The Balaban J connectivity index is 1.72. The van der Waals surface area contributed by atoms with Crippen molar-refractivity contribution in [3.8, 4) is 0 Å². The SMILES string of the molecule is O=C(CN(CC1CC1)C(=O)c1cc(F)cc(F)c1)Nc1ccon1. The van der Waals surface area contributed by atoms with Gasteiger partial charge in [-0.1, -0.05) is 5.16 Å². The monoisotopic (exact) mass is 335 g/mol. The third-order valence-corrected chi connectivity index (χ3v) is 3.61. The van der Waals surface area contributed by atoms with Crippen molar-refractivity contribution in [3.63, 3.8) is 0 Å². The second kappa shape index (κ2) is 6.77. The Kier molecular flexibility index (Phi) is 4.54. The summed E-state index contributed by atoms with van der Waals surface area (Å²) in [5, 5.41) is 6.04. The van der Waals surface area contributed by atoms with Crippen LogP contribution in [0.2, 0.25) is 0 Å². The third kappa shape index (κ3) is 4.15. The molecular weight excluding hydrogens is 320 g/mol. The molecule has 0 unspecified atom stereocenters. The van der Waals surface area contributed by atoms with Crippen molar-refractivity contribution in [2.45, 2.75) is 12.8 Å². The Labute approximate surface area is 136 Å². The van der Waals surface area contributed by atoms with Gasteiger partial charge in [0.25, 0.3) is 5.91 Å². The summed E-state index contributed by atoms with van der Waals surface area (Å²) in [6.45, 7) is 0.128. The summed E-state index contributed by atoms with van der Waals surface area (Å²) in [7, 11) is 0. The predicted molar refractivity (Wildman–Crippen MR) is 80.1 cm³/mol. The largest absolute Gasteiger partial charge is 0.363 e. The van der Waals surface area contributed by atoms with Crippen molar-refractivity contribution in [1.29, 1.82) is 0 Å². The van der Waals surface area contributed by atoms with E-state index in [2.05, 4.69) is 15.0 Å². The number of carbonyl (C=O) groups excluding carboxylic acids is 2. The summed E-state index contributed by atoms with van der Waals surface area (Å²) in [5.41, 5.74) is -0.123. The highest BCUT2D eigenvalue weighted by Gasteiger charge is 2.29. The van der Waals surface area contributed by atoms with Crippen LogP contribution in [0.4, 0.5) is 14.6 Å². The van der Waals surface area contributed by atoms with Crippen LogP contribution in [0.3, 0.4) is 0 Å². The average molecular weight is 335 g/mol. The molecule has 1 saturated carbocycles. The van der Waals surface area contributed by atoms with Gasteiger partial charge in [-0.2, -0.15) is 0 Å². The second-order valence-corrected chi connectivity index (χ2v) is 5.72. The smallest absolute Gasteiger partial charge is 0.254 e. The lowest BCUT2D eigenvalue weighted by Gasteiger charge is -2.22. The first kappa shape index (κ1) is 16.1. The van der Waals surface area contributed by atoms with E-state index in [1.807, 2.05) is 0 Å². The van der Waals surface area contributed by atoms with Crippen molar-refractivity contribution in [1.82, 2.24) is 10.1 Å². The fourth-order valence-corrected chi connectivity index (χ4v) is 2.32. The van der Waals surface area contributed by atoms with Gasteiger partial charge in [0.2, 0.25) is 5.91 Å². The maximum absolute atomic E-state index is 13.3. The molecule has 1 aromatic heterocycles. The van der Waals surface area contributed by atoms with Gasteiger partial charge in [0.15, 0.2) is 5.82 Å². The quantitative estimate of drug-likeness (QED) is 0.880. The van der Waals surface area contributed by atoms with E-state index in [9.17, 15) is 18.4 Å². The average Bonchev–Trinajstić information content (AvgIpc) is 3.19. The third-order valence-electron chi connectivity index (χ3n) is 3.61. The van der Waals surface area contributed by atoms with Gasteiger partial charge in [0, 0.05) is 24.2 Å². The molecule has 1 aromatic carbocycles. The summed E-state index contributed by atoms with van der Waals surface area (Å²) in [6, 6.07) is 4.08. The molecule has 2 amide bonds. The molecule has 0 atom stereocenters. The first-order valence-electron chi connectivity index (χ1n) is 7.47.